The summed E-state index contributed by atoms with van der Waals surface area (Å²) in [7, 11) is 1.36. The molecule has 0 saturated heterocycles. The average Bonchev–Trinajstić information content (AvgIpc) is 2.37. The number of ether oxygens (including phenoxy) is 2. The van der Waals surface area contributed by atoms with Gasteiger partial charge in [0.05, 0.1) is 19.3 Å². The van der Waals surface area contributed by atoms with Crippen molar-refractivity contribution in [2.75, 3.05) is 13.7 Å². The van der Waals surface area contributed by atoms with Gasteiger partial charge in [0, 0.05) is 9.99 Å². The number of halogens is 1. The topological polar surface area (TPSA) is 52.6 Å². The number of hydrogen-bond acceptors (Lipinski definition) is 4. The second-order valence-corrected chi connectivity index (χ2v) is 4.65. The second-order valence-electron chi connectivity index (χ2n) is 3.58. The molecule has 0 heterocycles. The van der Waals surface area contributed by atoms with E-state index in [1.54, 1.807) is 19.1 Å². The molecular weight excluding hydrogens is 347 g/mol. The van der Waals surface area contributed by atoms with Gasteiger partial charge < -0.3 is 9.47 Å². The van der Waals surface area contributed by atoms with E-state index in [4.69, 9.17) is 4.74 Å². The maximum absolute atomic E-state index is 11.7. The summed E-state index contributed by atoms with van der Waals surface area (Å²) in [5, 5.41) is 0. The number of methoxy groups -OCH3 is 1. The van der Waals surface area contributed by atoms with E-state index in [1.165, 1.54) is 7.11 Å². The molecule has 0 fully saturated rings. The molecule has 0 spiro atoms. The molecule has 0 aliphatic rings. The van der Waals surface area contributed by atoms with Crippen molar-refractivity contribution >= 4 is 34.5 Å². The van der Waals surface area contributed by atoms with E-state index >= 15 is 0 Å². The molecule has 0 aliphatic heterocycles. The number of aryl methyl sites for hydroxylation is 1. The van der Waals surface area contributed by atoms with Gasteiger partial charge in [-0.1, -0.05) is 12.1 Å². The number of carbonyl (C=O) groups is 2. The Labute approximate surface area is 120 Å². The van der Waals surface area contributed by atoms with E-state index in [9.17, 15) is 9.59 Å². The lowest BCUT2D eigenvalue weighted by molar-refractivity contribution is -0.140. The van der Waals surface area contributed by atoms with Gasteiger partial charge >= 0.3 is 11.9 Å². The fourth-order valence-corrected chi connectivity index (χ4v) is 2.33. The molecule has 0 unspecified atom stereocenters. The first-order valence-electron chi connectivity index (χ1n) is 5.61. The molecule has 0 aliphatic carbocycles. The number of esters is 2. The standard InChI is InChI=1S/C13H15IO4/c1-3-18-13(16)10-6-4-5-9(12(10)14)7-8-11(15)17-2/h4-6H,3,7-8H2,1-2H3. The van der Waals surface area contributed by atoms with Crippen LogP contribution in [0.25, 0.3) is 0 Å². The van der Waals surface area contributed by atoms with Crippen LogP contribution in [-0.4, -0.2) is 25.7 Å². The molecule has 18 heavy (non-hydrogen) atoms. The monoisotopic (exact) mass is 362 g/mol. The third-order valence-electron chi connectivity index (χ3n) is 2.40. The van der Waals surface area contributed by atoms with Crippen molar-refractivity contribution < 1.29 is 19.1 Å². The van der Waals surface area contributed by atoms with Crippen molar-refractivity contribution in [3.05, 3.63) is 32.9 Å². The summed E-state index contributed by atoms with van der Waals surface area (Å²) in [5.41, 5.74) is 1.49. The Morgan fingerprint density at radius 3 is 2.67 bits per heavy atom. The Balaban J connectivity index is 2.84. The number of rotatable bonds is 5. The predicted molar refractivity (Wildman–Crippen MR) is 75.5 cm³/mol. The van der Waals surface area contributed by atoms with E-state index in [1.807, 2.05) is 6.07 Å². The SMILES string of the molecule is CCOC(=O)c1cccc(CCC(=O)OC)c1I. The molecule has 4 nitrogen and oxygen atoms in total. The zero-order chi connectivity index (χ0) is 13.5. The van der Waals surface area contributed by atoms with Crippen LogP contribution in [0.2, 0.25) is 0 Å². The molecule has 1 aromatic carbocycles. The zero-order valence-electron chi connectivity index (χ0n) is 10.4. The van der Waals surface area contributed by atoms with Crippen LogP contribution in [-0.2, 0) is 20.7 Å². The number of benzene rings is 1. The lowest BCUT2D eigenvalue weighted by Gasteiger charge is -2.08. The van der Waals surface area contributed by atoms with Crippen LogP contribution in [0.1, 0.15) is 29.3 Å². The molecule has 0 aromatic heterocycles. The maximum atomic E-state index is 11.7. The highest BCUT2D eigenvalue weighted by Gasteiger charge is 2.14. The van der Waals surface area contributed by atoms with Crippen molar-refractivity contribution in [3.63, 3.8) is 0 Å². The highest BCUT2D eigenvalue weighted by Crippen LogP contribution is 2.20. The Morgan fingerprint density at radius 2 is 2.06 bits per heavy atom. The van der Waals surface area contributed by atoms with Gasteiger partial charge in [-0.25, -0.2) is 4.79 Å². The lowest BCUT2D eigenvalue weighted by Crippen LogP contribution is -2.09. The van der Waals surface area contributed by atoms with Gasteiger partial charge in [0.25, 0.3) is 0 Å². The van der Waals surface area contributed by atoms with Crippen molar-refractivity contribution in [2.45, 2.75) is 19.8 Å². The summed E-state index contributed by atoms with van der Waals surface area (Å²) >= 11 is 2.10. The van der Waals surface area contributed by atoms with E-state index in [-0.39, 0.29) is 11.9 Å². The normalized spacial score (nSPS) is 9.94. The molecule has 0 atom stereocenters. The largest absolute Gasteiger partial charge is 0.469 e. The molecular formula is C13H15IO4. The van der Waals surface area contributed by atoms with Crippen LogP contribution in [0.3, 0.4) is 0 Å². The molecule has 0 N–H and O–H groups in total. The van der Waals surface area contributed by atoms with Gasteiger partial charge in [-0.3, -0.25) is 4.79 Å². The number of carbonyl (C=O) groups excluding carboxylic acids is 2. The summed E-state index contributed by atoms with van der Waals surface area (Å²) in [4.78, 5) is 22.8. The fraction of sp³-hybridized carbons (Fsp3) is 0.385. The first-order chi connectivity index (χ1) is 8.60. The van der Waals surface area contributed by atoms with Crippen molar-refractivity contribution in [3.8, 4) is 0 Å². The summed E-state index contributed by atoms with van der Waals surface area (Å²) in [6.07, 6.45) is 0.858. The molecule has 1 aromatic rings. The minimum absolute atomic E-state index is 0.257. The third-order valence-corrected chi connectivity index (χ3v) is 3.67. The summed E-state index contributed by atoms with van der Waals surface area (Å²) < 4.78 is 10.4. The second kappa shape index (κ2) is 7.35. The molecule has 1 rings (SSSR count). The van der Waals surface area contributed by atoms with Gasteiger partial charge in [0.15, 0.2) is 0 Å². The highest BCUT2D eigenvalue weighted by atomic mass is 127. The highest BCUT2D eigenvalue weighted by molar-refractivity contribution is 14.1. The van der Waals surface area contributed by atoms with Gasteiger partial charge in [-0.15, -0.1) is 0 Å². The van der Waals surface area contributed by atoms with Crippen molar-refractivity contribution in [1.29, 1.82) is 0 Å². The first kappa shape index (κ1) is 14.9. The van der Waals surface area contributed by atoms with Crippen LogP contribution in [0.5, 0.6) is 0 Å². The molecule has 0 saturated carbocycles. The van der Waals surface area contributed by atoms with E-state index in [0.29, 0.717) is 25.0 Å². The Bertz CT molecular complexity index is 443. The van der Waals surface area contributed by atoms with Crippen LogP contribution in [0.4, 0.5) is 0 Å². The molecule has 0 amide bonds. The summed E-state index contributed by atoms with van der Waals surface area (Å²) in [6, 6.07) is 5.41. The van der Waals surface area contributed by atoms with Crippen LogP contribution < -0.4 is 0 Å². The van der Waals surface area contributed by atoms with Crippen LogP contribution in [0.15, 0.2) is 18.2 Å². The van der Waals surface area contributed by atoms with Crippen molar-refractivity contribution in [1.82, 2.24) is 0 Å². The molecule has 0 radical (unpaired) electrons. The summed E-state index contributed by atoms with van der Waals surface area (Å²) in [6.45, 7) is 2.12. The van der Waals surface area contributed by atoms with Gasteiger partial charge in [-0.05, 0) is 47.6 Å². The van der Waals surface area contributed by atoms with Gasteiger partial charge in [0.2, 0.25) is 0 Å². The van der Waals surface area contributed by atoms with Crippen LogP contribution in [0, 0.1) is 3.57 Å². The maximum Gasteiger partial charge on any atom is 0.339 e. The van der Waals surface area contributed by atoms with Gasteiger partial charge in [-0.2, -0.15) is 0 Å². The third kappa shape index (κ3) is 3.97. The molecule has 5 heteroatoms. The molecule has 0 bridgehead atoms. The van der Waals surface area contributed by atoms with E-state index in [2.05, 4.69) is 27.3 Å². The Kier molecular flexibility index (Phi) is 6.11. The van der Waals surface area contributed by atoms with Crippen LogP contribution >= 0.6 is 22.6 Å². The smallest absolute Gasteiger partial charge is 0.339 e. The summed E-state index contributed by atoms with van der Waals surface area (Å²) in [5.74, 6) is -0.589. The van der Waals surface area contributed by atoms with Gasteiger partial charge in [0.1, 0.15) is 0 Å². The van der Waals surface area contributed by atoms with E-state index in [0.717, 1.165) is 9.13 Å². The molecule has 98 valence electrons. The Hall–Kier alpha value is -1.11. The first-order valence-corrected chi connectivity index (χ1v) is 6.69. The average molecular weight is 362 g/mol. The fourth-order valence-electron chi connectivity index (χ4n) is 1.48. The lowest BCUT2D eigenvalue weighted by atomic mass is 10.1. The van der Waals surface area contributed by atoms with E-state index < -0.39 is 0 Å². The minimum Gasteiger partial charge on any atom is -0.469 e. The Morgan fingerprint density at radius 1 is 1.33 bits per heavy atom. The quantitative estimate of drug-likeness (QED) is 0.597. The number of hydrogen-bond donors (Lipinski definition) is 0. The predicted octanol–water partition coefficient (Wildman–Crippen LogP) is 2.57. The van der Waals surface area contributed by atoms with Crippen molar-refractivity contribution in [2.24, 2.45) is 0 Å². The zero-order valence-corrected chi connectivity index (χ0v) is 12.5. The minimum atomic E-state index is -0.332.